The van der Waals surface area contributed by atoms with Crippen LogP contribution >= 0.6 is 0 Å². The molecule has 0 heteroatoms. The minimum absolute atomic E-state index is 1.26. The summed E-state index contributed by atoms with van der Waals surface area (Å²) in [6.07, 6.45) is 2.20. The first-order valence-electron chi connectivity index (χ1n) is 15.5. The lowest BCUT2D eigenvalue weighted by molar-refractivity contribution is 1.41. The number of rotatable bonds is 3. The lowest BCUT2D eigenvalue weighted by atomic mass is 9.84. The first-order valence-corrected chi connectivity index (χ1v) is 15.5. The smallest absolute Gasteiger partial charge is 0.00201 e. The summed E-state index contributed by atoms with van der Waals surface area (Å²) in [5, 5.41) is 12.8. The predicted octanol–water partition coefficient (Wildman–Crippen LogP) is 8.87. The van der Waals surface area contributed by atoms with Gasteiger partial charge in [0.25, 0.3) is 0 Å². The van der Waals surface area contributed by atoms with Crippen molar-refractivity contribution >= 4 is 55.1 Å². The van der Waals surface area contributed by atoms with Gasteiger partial charge in [-0.2, -0.15) is 0 Å². The van der Waals surface area contributed by atoms with Crippen molar-refractivity contribution in [2.24, 2.45) is 0 Å². The van der Waals surface area contributed by atoms with Crippen molar-refractivity contribution < 1.29 is 0 Å². The Morgan fingerprint density at radius 3 is 1.57 bits per heavy atom. The molecule has 7 aromatic carbocycles. The summed E-state index contributed by atoms with van der Waals surface area (Å²) in [4.78, 5) is 0. The van der Waals surface area contributed by atoms with Gasteiger partial charge < -0.3 is 0 Å². The van der Waals surface area contributed by atoms with Crippen molar-refractivity contribution in [1.82, 2.24) is 0 Å². The molecule has 0 aromatic heterocycles. The van der Waals surface area contributed by atoms with Gasteiger partial charge in [-0.3, -0.25) is 0 Å². The van der Waals surface area contributed by atoms with Gasteiger partial charge in [0.05, 0.1) is 0 Å². The van der Waals surface area contributed by atoms with E-state index in [0.717, 1.165) is 0 Å². The van der Waals surface area contributed by atoms with E-state index in [-0.39, 0.29) is 0 Å². The van der Waals surface area contributed by atoms with Crippen LogP contribution < -0.4 is 20.9 Å². The van der Waals surface area contributed by atoms with Crippen LogP contribution in [0.25, 0.3) is 66.2 Å². The Morgan fingerprint density at radius 2 is 0.909 bits per heavy atom. The zero-order chi connectivity index (χ0) is 30.2. The van der Waals surface area contributed by atoms with Crippen LogP contribution in [0.4, 0.5) is 0 Å². The third-order valence-electron chi connectivity index (χ3n) is 9.34. The van der Waals surface area contributed by atoms with Crippen LogP contribution in [-0.4, -0.2) is 0 Å². The molecule has 0 aliphatic heterocycles. The van der Waals surface area contributed by atoms with E-state index in [1.54, 1.807) is 0 Å². The fourth-order valence-electron chi connectivity index (χ4n) is 7.03. The average Bonchev–Trinajstić information content (AvgIpc) is 3.09. The highest BCUT2D eigenvalue weighted by molar-refractivity contribution is 6.21. The average molecular weight is 565 g/mol. The zero-order valence-corrected chi connectivity index (χ0v) is 25.9. The predicted molar refractivity (Wildman–Crippen MR) is 192 cm³/mol. The molecule has 0 atom stereocenters. The summed E-state index contributed by atoms with van der Waals surface area (Å²) in [5.74, 6) is 0. The van der Waals surface area contributed by atoms with Gasteiger partial charge >= 0.3 is 0 Å². The molecule has 0 N–H and O–H groups in total. The Balaban J connectivity index is 1.64. The van der Waals surface area contributed by atoms with Gasteiger partial charge in [0, 0.05) is 0 Å². The molecular formula is C44H36. The third-order valence-corrected chi connectivity index (χ3v) is 9.34. The molecule has 0 radical (unpaired) electrons. The van der Waals surface area contributed by atoms with Crippen molar-refractivity contribution in [1.29, 1.82) is 0 Å². The molecule has 44 heavy (non-hydrogen) atoms. The second-order valence-electron chi connectivity index (χ2n) is 11.7. The summed E-state index contributed by atoms with van der Waals surface area (Å²) in [6, 6.07) is 50.9. The normalized spacial score (nSPS) is 14.2. The molecule has 7 rings (SSSR count). The van der Waals surface area contributed by atoms with Gasteiger partial charge in [-0.25, -0.2) is 0 Å². The van der Waals surface area contributed by atoms with Crippen molar-refractivity contribution in [2.75, 3.05) is 0 Å². The van der Waals surface area contributed by atoms with Crippen LogP contribution in [0.3, 0.4) is 0 Å². The maximum absolute atomic E-state index is 2.31. The van der Waals surface area contributed by atoms with Gasteiger partial charge in [0.2, 0.25) is 0 Å². The maximum atomic E-state index is 2.31. The number of benzene rings is 7. The highest BCUT2D eigenvalue weighted by atomic mass is 14.2. The molecule has 7 aromatic rings. The van der Waals surface area contributed by atoms with Crippen LogP contribution in [0.1, 0.15) is 33.3 Å². The molecular weight excluding hydrogens is 528 g/mol. The lowest BCUT2D eigenvalue weighted by Crippen LogP contribution is -2.31. The van der Waals surface area contributed by atoms with Crippen molar-refractivity contribution in [3.8, 4) is 11.1 Å². The highest BCUT2D eigenvalue weighted by Crippen LogP contribution is 2.43. The number of hydrogen-bond donors (Lipinski definition) is 0. The molecule has 0 bridgehead atoms. The third kappa shape index (κ3) is 4.55. The molecule has 0 spiro atoms. The van der Waals surface area contributed by atoms with E-state index in [0.29, 0.717) is 0 Å². The summed E-state index contributed by atoms with van der Waals surface area (Å²) in [6.45, 7) is 8.95. The Labute approximate surface area is 259 Å². The van der Waals surface area contributed by atoms with Gasteiger partial charge in [-0.1, -0.05) is 146 Å². The van der Waals surface area contributed by atoms with E-state index >= 15 is 0 Å². The molecule has 0 heterocycles. The van der Waals surface area contributed by atoms with E-state index in [9.17, 15) is 0 Å². The zero-order valence-electron chi connectivity index (χ0n) is 25.9. The molecule has 0 aliphatic carbocycles. The molecule has 0 nitrogen and oxygen atoms in total. The summed E-state index contributed by atoms with van der Waals surface area (Å²) >= 11 is 0. The molecule has 0 amide bonds. The van der Waals surface area contributed by atoms with Crippen molar-refractivity contribution in [2.45, 2.75) is 27.7 Å². The van der Waals surface area contributed by atoms with Crippen molar-refractivity contribution in [3.63, 3.8) is 0 Å². The Kier molecular flexibility index (Phi) is 7.20. The minimum Gasteiger partial charge on any atom is -0.0798 e. The maximum Gasteiger partial charge on any atom is -0.00201 e. The SMILES string of the molecule is C/C=c1/cccc/c1=C(C)\C(C)=c1/cccc/c1=C(/C)c1c2ccccc2c(-c2cccc3ccccc23)c2ccccc12. The van der Waals surface area contributed by atoms with E-state index in [1.807, 2.05) is 0 Å². The first-order chi connectivity index (χ1) is 21.6. The highest BCUT2D eigenvalue weighted by Gasteiger charge is 2.18. The van der Waals surface area contributed by atoms with Crippen LogP contribution in [0, 0.1) is 0 Å². The first kappa shape index (κ1) is 27.6. The van der Waals surface area contributed by atoms with Gasteiger partial charge in [0.1, 0.15) is 0 Å². The second kappa shape index (κ2) is 11.5. The van der Waals surface area contributed by atoms with E-state index in [2.05, 4.69) is 173 Å². The summed E-state index contributed by atoms with van der Waals surface area (Å²) in [7, 11) is 0. The van der Waals surface area contributed by atoms with Crippen LogP contribution in [0.2, 0.25) is 0 Å². The van der Waals surface area contributed by atoms with Gasteiger partial charge in [0.15, 0.2) is 0 Å². The molecule has 0 saturated carbocycles. The van der Waals surface area contributed by atoms with Gasteiger partial charge in [-0.05, 0) is 114 Å². The van der Waals surface area contributed by atoms with Crippen molar-refractivity contribution in [3.05, 3.63) is 166 Å². The van der Waals surface area contributed by atoms with E-state index in [4.69, 9.17) is 0 Å². The Bertz CT molecular complexity index is 2410. The van der Waals surface area contributed by atoms with E-state index < -0.39 is 0 Å². The van der Waals surface area contributed by atoms with Crippen LogP contribution in [-0.2, 0) is 0 Å². The fraction of sp³-hybridized carbons (Fsp3) is 0.0909. The lowest BCUT2D eigenvalue weighted by Gasteiger charge is -2.19. The number of fused-ring (bicyclic) bond motifs is 3. The fourth-order valence-corrected chi connectivity index (χ4v) is 7.03. The molecule has 0 fully saturated rings. The van der Waals surface area contributed by atoms with Crippen LogP contribution in [0.5, 0.6) is 0 Å². The minimum atomic E-state index is 1.26. The number of hydrogen-bond acceptors (Lipinski definition) is 0. The van der Waals surface area contributed by atoms with Crippen LogP contribution in [0.15, 0.2) is 140 Å². The quantitative estimate of drug-likeness (QED) is 0.188. The molecule has 212 valence electrons. The second-order valence-corrected chi connectivity index (χ2v) is 11.7. The molecule has 0 unspecified atom stereocenters. The topological polar surface area (TPSA) is 0 Å². The summed E-state index contributed by atoms with van der Waals surface area (Å²) < 4.78 is 0. The van der Waals surface area contributed by atoms with E-state index in [1.165, 1.54) is 86.6 Å². The largest absolute Gasteiger partial charge is 0.0798 e. The Hall–Kier alpha value is -5.20. The summed E-state index contributed by atoms with van der Waals surface area (Å²) in [5.41, 5.74) is 7.79. The monoisotopic (exact) mass is 564 g/mol. The van der Waals surface area contributed by atoms with Gasteiger partial charge in [-0.15, -0.1) is 0 Å². The molecule has 0 aliphatic rings. The molecule has 0 saturated heterocycles. The Morgan fingerprint density at radius 1 is 0.432 bits per heavy atom. The standard InChI is InChI=1S/C44H36/c1-5-32-17-6-8-20-34(32)29(2)30(3)35-21-10-11-22-36(35)31(4)43-39-24-12-14-26-41(39)44(42-27-15-13-25-40(42)43)38-28-16-19-33-18-7-9-23-37(33)38/h5-28H,1-4H3/b32-5-,34-29+,35-30+,36-31+.